The molecular weight excluding hydrogens is 394 g/mol. The Kier molecular flexibility index (Phi) is 4.81. The summed E-state index contributed by atoms with van der Waals surface area (Å²) in [7, 11) is 0. The first-order valence-electron chi connectivity index (χ1n) is 9.77. The number of carboxylic acids is 1. The average molecular weight is 416 g/mol. The number of rotatable bonds is 3. The standard InChI is InChI=1S/C24H21N3O4/c1-24(2,3)20-10-9-16(13-27(20)31)15-6-4-7-17(12-15)26-14-19(23(29)30)21(28)18-8-5-11-25-22(18)26/h4-14H,1-3H3,(H-,29,30,31)/p+1. The summed E-state index contributed by atoms with van der Waals surface area (Å²) in [6.07, 6.45) is 4.50. The summed E-state index contributed by atoms with van der Waals surface area (Å²) in [5.41, 5.74) is 2.28. The predicted molar refractivity (Wildman–Crippen MR) is 116 cm³/mol. The van der Waals surface area contributed by atoms with Crippen LogP contribution in [0.4, 0.5) is 0 Å². The molecule has 4 rings (SSSR count). The number of carboxylic acid groups (broad SMARTS) is 1. The maximum Gasteiger partial charge on any atom is 0.341 e. The molecule has 0 saturated carbocycles. The molecule has 31 heavy (non-hydrogen) atoms. The Balaban J connectivity index is 1.90. The Labute approximate surface area is 178 Å². The van der Waals surface area contributed by atoms with E-state index in [-0.39, 0.29) is 16.4 Å². The van der Waals surface area contributed by atoms with Crippen molar-refractivity contribution in [3.63, 3.8) is 0 Å². The summed E-state index contributed by atoms with van der Waals surface area (Å²) in [5, 5.41) is 20.2. The summed E-state index contributed by atoms with van der Waals surface area (Å²) in [6.45, 7) is 6.05. The van der Waals surface area contributed by atoms with E-state index < -0.39 is 11.4 Å². The molecule has 1 aromatic carbocycles. The first kappa shape index (κ1) is 20.3. The van der Waals surface area contributed by atoms with Crippen LogP contribution in [0, 0.1) is 0 Å². The van der Waals surface area contributed by atoms with Crippen LogP contribution in [-0.4, -0.2) is 25.8 Å². The van der Waals surface area contributed by atoms with Gasteiger partial charge in [0.05, 0.1) is 16.4 Å². The van der Waals surface area contributed by atoms with Gasteiger partial charge in [0.25, 0.3) is 0 Å². The number of benzene rings is 1. The second-order valence-corrected chi connectivity index (χ2v) is 8.37. The summed E-state index contributed by atoms with van der Waals surface area (Å²) < 4.78 is 2.72. The van der Waals surface area contributed by atoms with E-state index in [9.17, 15) is 19.9 Å². The predicted octanol–water partition coefficient (Wildman–Crippen LogP) is 3.57. The molecule has 0 aliphatic heterocycles. The second kappa shape index (κ2) is 7.36. The monoisotopic (exact) mass is 416 g/mol. The Hall–Kier alpha value is -4.00. The number of fused-ring (bicyclic) bond motifs is 1. The van der Waals surface area contributed by atoms with Crippen LogP contribution >= 0.6 is 0 Å². The van der Waals surface area contributed by atoms with Gasteiger partial charge in [0, 0.05) is 28.9 Å². The molecule has 7 nitrogen and oxygen atoms in total. The normalized spacial score (nSPS) is 11.6. The zero-order valence-corrected chi connectivity index (χ0v) is 17.4. The van der Waals surface area contributed by atoms with Crippen molar-refractivity contribution in [3.05, 3.63) is 88.6 Å². The minimum atomic E-state index is -1.29. The van der Waals surface area contributed by atoms with Crippen molar-refractivity contribution in [1.82, 2.24) is 9.55 Å². The molecular formula is C24H22N3O4+. The van der Waals surface area contributed by atoms with Gasteiger partial charge in [-0.3, -0.25) is 10.0 Å². The Bertz CT molecular complexity index is 1380. The topological polar surface area (TPSA) is 96.3 Å². The molecule has 2 N–H and O–H groups in total. The third kappa shape index (κ3) is 3.66. The van der Waals surface area contributed by atoms with Crippen LogP contribution in [0.25, 0.3) is 27.8 Å². The van der Waals surface area contributed by atoms with Crippen LogP contribution in [0.15, 0.2) is 71.9 Å². The van der Waals surface area contributed by atoms with Crippen molar-refractivity contribution in [2.24, 2.45) is 0 Å². The summed E-state index contributed by atoms with van der Waals surface area (Å²) in [6, 6.07) is 14.4. The van der Waals surface area contributed by atoms with Crippen molar-refractivity contribution in [2.75, 3.05) is 0 Å². The first-order valence-corrected chi connectivity index (χ1v) is 9.77. The molecule has 3 aromatic heterocycles. The minimum absolute atomic E-state index is 0.219. The van der Waals surface area contributed by atoms with Crippen molar-refractivity contribution in [1.29, 1.82) is 0 Å². The van der Waals surface area contributed by atoms with Crippen molar-refractivity contribution in [3.8, 4) is 16.8 Å². The van der Waals surface area contributed by atoms with E-state index in [1.165, 1.54) is 6.20 Å². The summed E-state index contributed by atoms with van der Waals surface area (Å²) in [5.74, 6) is -1.29. The number of hydrogen-bond donors (Lipinski definition) is 2. The van der Waals surface area contributed by atoms with Gasteiger partial charge in [0.15, 0.2) is 0 Å². The highest BCUT2D eigenvalue weighted by Crippen LogP contribution is 2.25. The van der Waals surface area contributed by atoms with E-state index in [1.807, 2.05) is 57.2 Å². The van der Waals surface area contributed by atoms with Crippen LogP contribution in [-0.2, 0) is 5.41 Å². The third-order valence-electron chi connectivity index (χ3n) is 5.15. The highest BCUT2D eigenvalue weighted by molar-refractivity contribution is 5.92. The van der Waals surface area contributed by atoms with E-state index in [0.29, 0.717) is 11.3 Å². The second-order valence-electron chi connectivity index (χ2n) is 8.37. The van der Waals surface area contributed by atoms with Gasteiger partial charge in [-0.1, -0.05) is 32.9 Å². The number of hydrogen-bond acceptors (Lipinski definition) is 4. The third-order valence-corrected chi connectivity index (χ3v) is 5.15. The highest BCUT2D eigenvalue weighted by atomic mass is 16.5. The molecule has 4 aromatic rings. The highest BCUT2D eigenvalue weighted by Gasteiger charge is 2.26. The largest absolute Gasteiger partial charge is 0.477 e. The number of aromatic nitrogens is 3. The van der Waals surface area contributed by atoms with Gasteiger partial charge in [0.2, 0.25) is 17.3 Å². The van der Waals surface area contributed by atoms with Crippen LogP contribution in [0.2, 0.25) is 0 Å². The SMILES string of the molecule is CC(C)(C)c1ccc(-c2cccc(-n3cc(C(=O)O)c(=O)c4cccnc43)c2)c[n+]1O. The molecule has 0 unspecified atom stereocenters. The van der Waals surface area contributed by atoms with Crippen molar-refractivity contribution >= 4 is 17.0 Å². The molecule has 3 heterocycles. The quantitative estimate of drug-likeness (QED) is 0.393. The maximum absolute atomic E-state index is 12.5. The lowest BCUT2D eigenvalue weighted by Crippen LogP contribution is -2.40. The smallest absolute Gasteiger partial charge is 0.341 e. The van der Waals surface area contributed by atoms with E-state index in [4.69, 9.17) is 0 Å². The van der Waals surface area contributed by atoms with Gasteiger partial charge in [0.1, 0.15) is 11.2 Å². The maximum atomic E-state index is 12.5. The molecule has 0 fully saturated rings. The van der Waals surface area contributed by atoms with Gasteiger partial charge >= 0.3 is 5.97 Å². The number of pyridine rings is 3. The molecule has 7 heteroatoms. The molecule has 0 amide bonds. The summed E-state index contributed by atoms with van der Waals surface area (Å²) in [4.78, 5) is 28.5. The van der Waals surface area contributed by atoms with Crippen LogP contribution in [0.5, 0.6) is 0 Å². The number of aromatic carboxylic acids is 1. The van der Waals surface area contributed by atoms with Crippen molar-refractivity contribution in [2.45, 2.75) is 26.2 Å². The Morgan fingerprint density at radius 1 is 1.06 bits per heavy atom. The van der Waals surface area contributed by atoms with E-state index in [0.717, 1.165) is 21.6 Å². The lowest BCUT2D eigenvalue weighted by molar-refractivity contribution is -0.911. The fourth-order valence-corrected chi connectivity index (χ4v) is 3.60. The van der Waals surface area contributed by atoms with Gasteiger partial charge in [-0.25, -0.2) is 9.78 Å². The van der Waals surface area contributed by atoms with E-state index >= 15 is 0 Å². The van der Waals surface area contributed by atoms with Crippen LogP contribution in [0.1, 0.15) is 36.8 Å². The fraction of sp³-hybridized carbons (Fsp3) is 0.167. The van der Waals surface area contributed by atoms with Gasteiger partial charge in [-0.2, -0.15) is 0 Å². The Morgan fingerprint density at radius 3 is 2.52 bits per heavy atom. The molecule has 156 valence electrons. The first-order chi connectivity index (χ1) is 14.7. The average Bonchev–Trinajstić information content (AvgIpc) is 2.73. The van der Waals surface area contributed by atoms with E-state index in [2.05, 4.69) is 4.98 Å². The lowest BCUT2D eigenvalue weighted by atomic mass is 9.91. The van der Waals surface area contributed by atoms with Crippen LogP contribution < -0.4 is 10.2 Å². The van der Waals surface area contributed by atoms with Gasteiger partial charge < -0.3 is 9.67 Å². The molecule has 0 aliphatic carbocycles. The lowest BCUT2D eigenvalue weighted by Gasteiger charge is -2.14. The molecule has 0 bridgehead atoms. The van der Waals surface area contributed by atoms with Gasteiger partial charge in [-0.05, 0) is 35.9 Å². The minimum Gasteiger partial charge on any atom is -0.477 e. The number of carbonyl (C=O) groups is 1. The zero-order valence-electron chi connectivity index (χ0n) is 17.4. The Morgan fingerprint density at radius 2 is 1.84 bits per heavy atom. The van der Waals surface area contributed by atoms with Gasteiger partial charge in [-0.15, -0.1) is 0 Å². The molecule has 0 saturated heterocycles. The molecule has 0 radical (unpaired) electrons. The number of nitrogens with zero attached hydrogens (tertiary/aromatic N) is 3. The fourth-order valence-electron chi connectivity index (χ4n) is 3.60. The molecule has 0 spiro atoms. The van der Waals surface area contributed by atoms with Crippen LogP contribution in [0.3, 0.4) is 0 Å². The molecule has 0 aliphatic rings. The van der Waals surface area contributed by atoms with Crippen molar-refractivity contribution < 1.29 is 19.8 Å². The zero-order chi connectivity index (χ0) is 22.3. The van der Waals surface area contributed by atoms with E-state index in [1.54, 1.807) is 29.1 Å². The summed E-state index contributed by atoms with van der Waals surface area (Å²) >= 11 is 0. The molecule has 0 atom stereocenters.